The van der Waals surface area contributed by atoms with Crippen LogP contribution >= 0.6 is 0 Å². The van der Waals surface area contributed by atoms with E-state index in [0.717, 1.165) is 19.3 Å². The summed E-state index contributed by atoms with van der Waals surface area (Å²) in [7, 11) is 0. The maximum atomic E-state index is 15.4. The van der Waals surface area contributed by atoms with Crippen molar-refractivity contribution in [2.45, 2.75) is 136 Å². The van der Waals surface area contributed by atoms with Crippen LogP contribution in [0.4, 0.5) is 4.39 Å². The minimum atomic E-state index is -1.37. The third-order valence-electron chi connectivity index (χ3n) is 17.3. The number of halogens is 1. The van der Waals surface area contributed by atoms with Crippen LogP contribution < -0.4 is 0 Å². The highest BCUT2D eigenvalue weighted by Gasteiger charge is 2.77. The molecule has 0 radical (unpaired) electrons. The zero-order chi connectivity index (χ0) is 40.7. The van der Waals surface area contributed by atoms with Gasteiger partial charge in [0.1, 0.15) is 18.6 Å². The molecule has 1 saturated heterocycles. The number of hydrogen-bond donors (Lipinski definition) is 3. The number of carbonyl (C=O) groups excluding carboxylic acids is 4. The number of ether oxygens (including phenoxy) is 2. The van der Waals surface area contributed by atoms with Crippen molar-refractivity contribution in [3.8, 4) is 0 Å². The molecule has 9 nitrogen and oxygen atoms in total. The van der Waals surface area contributed by atoms with Gasteiger partial charge in [0.25, 0.3) is 0 Å². The van der Waals surface area contributed by atoms with Crippen LogP contribution in [0.25, 0.3) is 0 Å². The van der Waals surface area contributed by atoms with Gasteiger partial charge in [-0.3, -0.25) is 19.2 Å². The number of ketones is 4. The van der Waals surface area contributed by atoms with Gasteiger partial charge in [0.2, 0.25) is 0 Å². The molecule has 0 unspecified atom stereocenters. The fourth-order valence-electron chi connectivity index (χ4n) is 15.5. The Hall–Kier alpha value is -2.63. The number of Topliss-reactive ketones (excluding diaryl/α,β-unsaturated/α-hetero) is 2. The number of hydrogen-bond acceptors (Lipinski definition) is 9. The van der Waals surface area contributed by atoms with Crippen molar-refractivity contribution >= 4 is 23.1 Å². The van der Waals surface area contributed by atoms with E-state index in [9.17, 15) is 34.5 Å². The van der Waals surface area contributed by atoms with E-state index in [1.807, 2.05) is 19.9 Å². The third-order valence-corrected chi connectivity index (χ3v) is 17.3. The van der Waals surface area contributed by atoms with Gasteiger partial charge >= 0.3 is 0 Å². The average molecular weight is 777 g/mol. The molecule has 0 aromatic rings. The standard InChI is InChI=1S/C24H31FO6.C22H30O3/c1-21(2)30-19-9-14-13-8-16(25)15-7-12(27)5-6-22(15,3)20(13)17(28)10-23(14,4)24(19,31-21)18(29)11-26;1-12-9-15-17-6-5-16(13(2)23)22(17,4)11-19(25)20(15)21(3)8-7-14(24)10-18(12)21/h5-7,13-14,16-17,19-20,26,28H,8-11H2,1-4H3;7-8,10,12,15-17,19-20,25H,5-6,9,11H2,1-4H3/t13-,14-,16-,17-,19+,20+,22-,23-,24+;12-,15-,16+,17-,19-,20+,21-,22+/m00/s1. The summed E-state index contributed by atoms with van der Waals surface area (Å²) in [5.41, 5.74) is -1.60. The Morgan fingerprint density at radius 3 is 2.00 bits per heavy atom. The molecule has 0 aromatic carbocycles. The predicted molar refractivity (Wildman–Crippen MR) is 205 cm³/mol. The van der Waals surface area contributed by atoms with Crippen molar-refractivity contribution in [2.75, 3.05) is 6.61 Å². The average Bonchev–Trinajstić information content (AvgIpc) is 3.68. The molecular formula is C46H61FO9. The summed E-state index contributed by atoms with van der Waals surface area (Å²) in [6, 6.07) is 0. The monoisotopic (exact) mass is 776 g/mol. The molecule has 0 spiro atoms. The molecular weight excluding hydrogens is 715 g/mol. The number of allylic oxidation sites excluding steroid dienone is 8. The minimum absolute atomic E-state index is 0.0715. The number of aliphatic hydroxyl groups excluding tert-OH is 3. The highest BCUT2D eigenvalue weighted by molar-refractivity contribution is 6.02. The Morgan fingerprint density at radius 1 is 0.821 bits per heavy atom. The summed E-state index contributed by atoms with van der Waals surface area (Å²) in [4.78, 5) is 49.3. The van der Waals surface area contributed by atoms with Crippen LogP contribution in [0.3, 0.4) is 0 Å². The molecule has 9 rings (SSSR count). The first-order valence-corrected chi connectivity index (χ1v) is 21.0. The number of carbonyl (C=O) groups is 4. The van der Waals surface area contributed by atoms with Crippen LogP contribution in [0.15, 0.2) is 47.6 Å². The number of alkyl halides is 1. The first-order valence-electron chi connectivity index (χ1n) is 21.0. The van der Waals surface area contributed by atoms with E-state index in [0.29, 0.717) is 36.2 Å². The molecule has 306 valence electrons. The lowest BCUT2D eigenvalue weighted by atomic mass is 9.45. The van der Waals surface area contributed by atoms with E-state index in [1.165, 1.54) is 17.7 Å². The molecule has 3 N–H and O–H groups in total. The van der Waals surface area contributed by atoms with Crippen molar-refractivity contribution in [3.63, 3.8) is 0 Å². The summed E-state index contributed by atoms with van der Waals surface area (Å²) >= 11 is 0. The predicted octanol–water partition coefficient (Wildman–Crippen LogP) is 5.99. The van der Waals surface area contributed by atoms with E-state index in [2.05, 4.69) is 26.8 Å². The fraction of sp³-hybridized carbons (Fsp3) is 0.739. The van der Waals surface area contributed by atoms with E-state index in [-0.39, 0.29) is 70.6 Å². The van der Waals surface area contributed by atoms with E-state index in [4.69, 9.17) is 9.47 Å². The molecule has 10 heteroatoms. The van der Waals surface area contributed by atoms with Crippen LogP contribution in [0.2, 0.25) is 0 Å². The Morgan fingerprint density at radius 2 is 1.39 bits per heavy atom. The lowest BCUT2D eigenvalue weighted by Gasteiger charge is -2.60. The number of rotatable bonds is 3. The van der Waals surface area contributed by atoms with Crippen LogP contribution in [-0.4, -0.2) is 80.9 Å². The molecule has 17 atom stereocenters. The third kappa shape index (κ3) is 5.33. The summed E-state index contributed by atoms with van der Waals surface area (Å²) in [5.74, 6) is -0.388. The molecule has 8 aliphatic carbocycles. The second-order valence-electron chi connectivity index (χ2n) is 20.5. The lowest BCUT2D eigenvalue weighted by Crippen LogP contribution is -2.64. The number of fused-ring (bicyclic) bond motifs is 12. The van der Waals surface area contributed by atoms with Gasteiger partial charge in [-0.2, -0.15) is 0 Å². The molecule has 6 saturated carbocycles. The quantitative estimate of drug-likeness (QED) is 0.315. The molecule has 1 aliphatic heterocycles. The van der Waals surface area contributed by atoms with Crippen molar-refractivity contribution in [1.29, 1.82) is 0 Å². The molecule has 0 amide bonds. The maximum Gasteiger partial charge on any atom is 0.193 e. The highest BCUT2D eigenvalue weighted by Crippen LogP contribution is 2.71. The smallest absolute Gasteiger partial charge is 0.193 e. The summed E-state index contributed by atoms with van der Waals surface area (Å²) < 4.78 is 27.9. The van der Waals surface area contributed by atoms with Gasteiger partial charge in [-0.15, -0.1) is 0 Å². The van der Waals surface area contributed by atoms with E-state index in [1.54, 1.807) is 32.9 Å². The Labute approximate surface area is 330 Å². The molecule has 9 aliphatic rings. The van der Waals surface area contributed by atoms with Gasteiger partial charge in [-0.1, -0.05) is 52.3 Å². The zero-order valence-electron chi connectivity index (χ0n) is 34.2. The second kappa shape index (κ2) is 12.9. The SMILES string of the molecule is CC(=O)[C@H]1CC[C@H]2[C@@H]3C[C@H](C)C4=CC(=O)C=C[C@]4(C)[C@H]3[C@@H](O)C[C@]12C.CC1(C)O[C@@H]2C[C@H]3[C@@H]4C[C@H](F)C5=CC(=O)C=C[C@]5(C)[C@H]4[C@@H](O)C[C@]3(C)[C@]2(C(=O)CO)O1. The summed E-state index contributed by atoms with van der Waals surface area (Å²) in [6.45, 7) is 15.0. The normalized spacial score (nSPS) is 51.8. The van der Waals surface area contributed by atoms with Crippen LogP contribution in [0, 0.1) is 69.0 Å². The zero-order valence-corrected chi connectivity index (χ0v) is 34.2. The van der Waals surface area contributed by atoms with Crippen molar-refractivity contribution in [2.24, 2.45) is 69.0 Å². The molecule has 0 aromatic heterocycles. The van der Waals surface area contributed by atoms with Crippen molar-refractivity contribution < 1.29 is 48.4 Å². The van der Waals surface area contributed by atoms with E-state index < -0.39 is 59.1 Å². The topological polar surface area (TPSA) is 147 Å². The first-order chi connectivity index (χ1) is 26.1. The summed E-state index contributed by atoms with van der Waals surface area (Å²) in [6.07, 6.45) is 11.8. The van der Waals surface area contributed by atoms with Gasteiger partial charge in [-0.25, -0.2) is 4.39 Å². The van der Waals surface area contributed by atoms with Gasteiger partial charge in [0.05, 0.1) is 18.3 Å². The van der Waals surface area contributed by atoms with Gasteiger partial charge in [0.15, 0.2) is 28.7 Å². The Balaban J connectivity index is 0.000000161. The van der Waals surface area contributed by atoms with Gasteiger partial charge < -0.3 is 24.8 Å². The summed E-state index contributed by atoms with van der Waals surface area (Å²) in [5, 5.41) is 32.5. The van der Waals surface area contributed by atoms with Crippen LogP contribution in [0.5, 0.6) is 0 Å². The lowest BCUT2D eigenvalue weighted by molar-refractivity contribution is -0.226. The molecule has 56 heavy (non-hydrogen) atoms. The highest BCUT2D eigenvalue weighted by atomic mass is 19.1. The molecule has 1 heterocycles. The Bertz CT molecular complexity index is 1860. The second-order valence-corrected chi connectivity index (χ2v) is 20.5. The van der Waals surface area contributed by atoms with Crippen molar-refractivity contribution in [1.82, 2.24) is 0 Å². The molecule has 0 bridgehead atoms. The van der Waals surface area contributed by atoms with E-state index >= 15 is 4.39 Å². The first kappa shape index (κ1) is 40.2. The van der Waals surface area contributed by atoms with Crippen molar-refractivity contribution in [3.05, 3.63) is 47.6 Å². The maximum absolute atomic E-state index is 15.4. The largest absolute Gasteiger partial charge is 0.393 e. The van der Waals surface area contributed by atoms with Crippen LogP contribution in [0.1, 0.15) is 100 Å². The van der Waals surface area contributed by atoms with Gasteiger partial charge in [0, 0.05) is 34.0 Å². The molecule has 7 fully saturated rings. The fourth-order valence-corrected chi connectivity index (χ4v) is 15.5. The van der Waals surface area contributed by atoms with Crippen LogP contribution in [-0.2, 0) is 28.7 Å². The number of aliphatic hydroxyl groups is 3. The minimum Gasteiger partial charge on any atom is -0.393 e. The van der Waals surface area contributed by atoms with Gasteiger partial charge in [-0.05, 0) is 131 Å². The Kier molecular flexibility index (Phi) is 9.28.